The van der Waals surface area contributed by atoms with E-state index >= 15 is 0 Å². The summed E-state index contributed by atoms with van der Waals surface area (Å²) >= 11 is 1.49. The molecule has 11 heteroatoms. The lowest BCUT2D eigenvalue weighted by atomic mass is 9.96. The minimum Gasteiger partial charge on any atom is -0.496 e. The molecule has 2 radical (unpaired) electrons. The first-order valence-corrected chi connectivity index (χ1v) is 11.9. The number of rotatable bonds is 5. The van der Waals surface area contributed by atoms with E-state index in [0.29, 0.717) is 30.0 Å². The van der Waals surface area contributed by atoms with Crippen molar-refractivity contribution in [2.45, 2.75) is 45.0 Å². The fourth-order valence-electron chi connectivity index (χ4n) is 4.00. The highest BCUT2D eigenvalue weighted by atomic mass is 32.1. The number of hydrogen-bond donors (Lipinski definition) is 3. The van der Waals surface area contributed by atoms with Crippen LogP contribution in [0.1, 0.15) is 52.9 Å². The molecular weight excluding hydrogens is 467 g/mol. The number of carbonyl (C=O) groups excluding carboxylic acids is 2. The number of aliphatic hydroxyl groups is 2. The van der Waals surface area contributed by atoms with Crippen molar-refractivity contribution in [1.29, 1.82) is 0 Å². The second-order valence-electron chi connectivity index (χ2n) is 9.44. The van der Waals surface area contributed by atoms with Crippen LogP contribution in [0.2, 0.25) is 0 Å². The fourth-order valence-corrected chi connectivity index (χ4v) is 4.71. The number of imidazole rings is 1. The van der Waals surface area contributed by atoms with Gasteiger partial charge < -0.3 is 25.2 Å². The molecule has 0 unspecified atom stereocenters. The molecule has 2 amide bonds. The molecule has 0 atom stereocenters. The Morgan fingerprint density at radius 3 is 2.54 bits per heavy atom. The van der Waals surface area contributed by atoms with Gasteiger partial charge in [0.15, 0.2) is 25.2 Å². The number of ether oxygens (including phenoxy) is 1. The van der Waals surface area contributed by atoms with E-state index in [1.807, 2.05) is 48.2 Å². The molecule has 2 aromatic heterocycles. The first-order valence-electron chi connectivity index (χ1n) is 11.0. The lowest BCUT2D eigenvalue weighted by Crippen LogP contribution is -2.48. The predicted molar refractivity (Wildman–Crippen MR) is 133 cm³/mol. The van der Waals surface area contributed by atoms with Crippen LogP contribution >= 0.6 is 11.3 Å². The van der Waals surface area contributed by atoms with Gasteiger partial charge in [-0.15, -0.1) is 11.3 Å². The lowest BCUT2D eigenvalue weighted by molar-refractivity contribution is -0.102. The number of benzene rings is 1. The Hall–Kier alpha value is -3.15. The van der Waals surface area contributed by atoms with Gasteiger partial charge in [-0.2, -0.15) is 0 Å². The van der Waals surface area contributed by atoms with Gasteiger partial charge in [0, 0.05) is 12.6 Å². The minimum absolute atomic E-state index is 0.0579. The molecule has 0 bridgehead atoms. The number of nitrogens with zero attached hydrogens (tertiary/aromatic N) is 3. The molecule has 0 saturated carbocycles. The molecule has 3 aromatic rings. The van der Waals surface area contributed by atoms with E-state index in [4.69, 9.17) is 17.6 Å². The molecule has 3 heterocycles. The summed E-state index contributed by atoms with van der Waals surface area (Å²) in [7, 11) is 8.33. The SMILES string of the molecule is [B]C(O)(O)NC(=O)c1cc2c(cc1OC)CCc1c(C(=O)N(C)C(C)(C)C)nc(-c3cccs3)n1-2. The number of aromatic nitrogens is 2. The summed E-state index contributed by atoms with van der Waals surface area (Å²) in [5, 5.41) is 22.8. The second kappa shape index (κ2) is 8.82. The van der Waals surface area contributed by atoms with Crippen molar-refractivity contribution in [3.05, 3.63) is 52.2 Å². The molecule has 182 valence electrons. The maximum absolute atomic E-state index is 13.5. The van der Waals surface area contributed by atoms with Crippen molar-refractivity contribution in [1.82, 2.24) is 19.8 Å². The van der Waals surface area contributed by atoms with Gasteiger partial charge in [-0.05, 0) is 62.8 Å². The second-order valence-corrected chi connectivity index (χ2v) is 10.4. The monoisotopic (exact) mass is 494 g/mol. The van der Waals surface area contributed by atoms with Crippen LogP contribution in [0, 0.1) is 0 Å². The van der Waals surface area contributed by atoms with Crippen LogP contribution in [0.15, 0.2) is 29.6 Å². The Kier molecular flexibility index (Phi) is 6.29. The summed E-state index contributed by atoms with van der Waals surface area (Å²) < 4.78 is 7.30. The van der Waals surface area contributed by atoms with Crippen molar-refractivity contribution in [3.63, 3.8) is 0 Å². The van der Waals surface area contributed by atoms with Gasteiger partial charge >= 0.3 is 0 Å². The summed E-state index contributed by atoms with van der Waals surface area (Å²) in [6.07, 6.45) is 1.17. The number of carbonyl (C=O) groups is 2. The smallest absolute Gasteiger partial charge is 0.274 e. The number of methoxy groups -OCH3 is 1. The van der Waals surface area contributed by atoms with Gasteiger partial charge in [0.2, 0.25) is 0 Å². The predicted octanol–water partition coefficient (Wildman–Crippen LogP) is 2.07. The van der Waals surface area contributed by atoms with Crippen LogP contribution in [-0.2, 0) is 12.8 Å². The molecule has 0 fully saturated rings. The van der Waals surface area contributed by atoms with Gasteiger partial charge in [0.05, 0.1) is 28.9 Å². The quantitative estimate of drug-likeness (QED) is 0.370. The Labute approximate surface area is 208 Å². The van der Waals surface area contributed by atoms with Crippen LogP contribution < -0.4 is 10.1 Å². The summed E-state index contributed by atoms with van der Waals surface area (Å²) in [4.78, 5) is 33.6. The third-order valence-electron chi connectivity index (χ3n) is 6.04. The normalized spacial score (nSPS) is 13.1. The van der Waals surface area contributed by atoms with E-state index in [9.17, 15) is 19.8 Å². The zero-order valence-electron chi connectivity index (χ0n) is 20.2. The molecule has 3 N–H and O–H groups in total. The van der Waals surface area contributed by atoms with Crippen molar-refractivity contribution < 1.29 is 24.5 Å². The number of nitrogens with one attached hydrogen (secondary N) is 1. The third kappa shape index (κ3) is 4.71. The summed E-state index contributed by atoms with van der Waals surface area (Å²) in [5.41, 5.74) is 2.33. The fraction of sp³-hybridized carbons (Fsp3) is 0.375. The Bertz CT molecular complexity index is 1290. The molecule has 35 heavy (non-hydrogen) atoms. The van der Waals surface area contributed by atoms with Crippen LogP contribution in [0.25, 0.3) is 16.4 Å². The van der Waals surface area contributed by atoms with Gasteiger partial charge in [0.1, 0.15) is 5.75 Å². The summed E-state index contributed by atoms with van der Waals surface area (Å²) in [5.74, 6) is -3.05. The van der Waals surface area contributed by atoms with E-state index in [1.165, 1.54) is 18.4 Å². The number of fused-ring (bicyclic) bond motifs is 3. The zero-order valence-corrected chi connectivity index (χ0v) is 21.1. The summed E-state index contributed by atoms with van der Waals surface area (Å²) in [6, 6.07) is 7.16. The van der Waals surface area contributed by atoms with Crippen LogP contribution in [-0.4, -0.2) is 69.8 Å². The maximum Gasteiger partial charge on any atom is 0.274 e. The van der Waals surface area contributed by atoms with Crippen LogP contribution in [0.5, 0.6) is 5.75 Å². The van der Waals surface area contributed by atoms with E-state index in [-0.39, 0.29) is 17.2 Å². The number of amides is 2. The molecule has 0 aliphatic carbocycles. The number of hydrogen-bond acceptors (Lipinski definition) is 7. The van der Waals surface area contributed by atoms with Crippen LogP contribution in [0.3, 0.4) is 0 Å². The maximum atomic E-state index is 13.5. The topological polar surface area (TPSA) is 117 Å². The van der Waals surface area contributed by atoms with Gasteiger partial charge in [-0.1, -0.05) is 6.07 Å². The highest BCUT2D eigenvalue weighted by Crippen LogP contribution is 2.38. The average molecular weight is 494 g/mol. The standard InChI is InChI=1S/C24H27BN4O5S/c1-23(2,3)28(4)22(31)19-15-9-8-13-11-17(34-5)14(21(30)27-24(25,32)33)12-16(13)29(15)20(26-19)18-7-6-10-35-18/h6-7,10-12,32-33H,8-9H2,1-5H3,(H,27,30). The molecular formula is C24H27BN4O5S. The number of thiophene rings is 1. The summed E-state index contributed by atoms with van der Waals surface area (Å²) in [6.45, 7) is 5.87. The largest absolute Gasteiger partial charge is 0.496 e. The molecule has 1 aliphatic rings. The van der Waals surface area contributed by atoms with E-state index in [2.05, 4.69) is 0 Å². The molecule has 4 rings (SSSR count). The number of aryl methyl sites for hydroxylation is 1. The van der Waals surface area contributed by atoms with E-state index < -0.39 is 17.3 Å². The highest BCUT2D eigenvalue weighted by molar-refractivity contribution is 7.13. The van der Waals surface area contributed by atoms with Crippen LogP contribution in [0.4, 0.5) is 0 Å². The highest BCUT2D eigenvalue weighted by Gasteiger charge is 2.34. The molecule has 1 aliphatic heterocycles. The minimum atomic E-state index is -2.89. The molecule has 9 nitrogen and oxygen atoms in total. The van der Waals surface area contributed by atoms with Crippen molar-refractivity contribution in [2.24, 2.45) is 0 Å². The Morgan fingerprint density at radius 1 is 1.26 bits per heavy atom. The Morgan fingerprint density at radius 2 is 1.97 bits per heavy atom. The van der Waals surface area contributed by atoms with Gasteiger partial charge in [-0.3, -0.25) is 14.2 Å². The van der Waals surface area contributed by atoms with Gasteiger partial charge in [0.25, 0.3) is 11.8 Å². The van der Waals surface area contributed by atoms with Crippen molar-refractivity contribution in [3.8, 4) is 22.1 Å². The Balaban J connectivity index is 1.93. The molecule has 0 saturated heterocycles. The molecule has 0 spiro atoms. The average Bonchev–Trinajstić information content (AvgIpc) is 3.43. The van der Waals surface area contributed by atoms with E-state index in [1.54, 1.807) is 24.1 Å². The first-order chi connectivity index (χ1) is 16.3. The van der Waals surface area contributed by atoms with Crippen molar-refractivity contribution in [2.75, 3.05) is 14.2 Å². The van der Waals surface area contributed by atoms with Gasteiger partial charge in [-0.25, -0.2) is 4.98 Å². The first kappa shape index (κ1) is 25.0. The zero-order chi connectivity index (χ0) is 25.7. The lowest BCUT2D eigenvalue weighted by Gasteiger charge is -2.32. The van der Waals surface area contributed by atoms with Crippen molar-refractivity contribution >= 4 is 31.0 Å². The van der Waals surface area contributed by atoms with E-state index in [0.717, 1.165) is 16.1 Å². The third-order valence-corrected chi connectivity index (χ3v) is 6.91. The molecule has 1 aromatic carbocycles.